The number of aromatic nitrogens is 6. The minimum absolute atomic E-state index is 0.182. The van der Waals surface area contributed by atoms with E-state index in [0.29, 0.717) is 94.1 Å². The molecule has 10 aromatic rings. The van der Waals surface area contributed by atoms with Crippen LogP contribution < -0.4 is 43.0 Å². The Morgan fingerprint density at radius 1 is 0.551 bits per heavy atom. The summed E-state index contributed by atoms with van der Waals surface area (Å²) in [7, 11) is 0. The Morgan fingerprint density at radius 3 is 1.35 bits per heavy atom. The van der Waals surface area contributed by atoms with Gasteiger partial charge in [-0.1, -0.05) is 62.4 Å². The molecule has 0 unspecified atom stereocenters. The SMILES string of the molecule is CCOc1cc(CC)cc([C@@H](Nc2ccc3c(N)nccc3c2)c2ncc(-c3ccccc3C(N)=O)[nH]2)c1F.CCOc1cc(CC)cc([C@H](Nc2ccc3c(N)nccc3c2)c2ncc(-c3ccccc3C(N)=O)[nH]2)c1F. The number of hydrogen-bond acceptors (Lipinski definition) is 12. The first-order chi connectivity index (χ1) is 37.8. The van der Waals surface area contributed by atoms with Crippen LogP contribution in [0.4, 0.5) is 31.8 Å². The van der Waals surface area contributed by atoms with Crippen molar-refractivity contribution in [3.8, 4) is 34.0 Å². The first-order valence-electron chi connectivity index (χ1n) is 25.4. The van der Waals surface area contributed by atoms with Crippen LogP contribution in [0.3, 0.4) is 0 Å². The van der Waals surface area contributed by atoms with Gasteiger partial charge in [-0.3, -0.25) is 9.59 Å². The minimum Gasteiger partial charge on any atom is -0.491 e. The molecule has 0 aliphatic carbocycles. The third kappa shape index (κ3) is 11.2. The summed E-state index contributed by atoms with van der Waals surface area (Å²) in [5.41, 5.74) is 30.4. The van der Waals surface area contributed by atoms with Crippen molar-refractivity contribution in [2.45, 2.75) is 52.6 Å². The van der Waals surface area contributed by atoms with E-state index in [4.69, 9.17) is 32.4 Å². The number of halogens is 2. The summed E-state index contributed by atoms with van der Waals surface area (Å²) >= 11 is 0. The zero-order valence-electron chi connectivity index (χ0n) is 43.3. The van der Waals surface area contributed by atoms with Crippen molar-refractivity contribution in [3.63, 3.8) is 0 Å². The number of nitrogens with one attached hydrogen (secondary N) is 4. The molecule has 6 aromatic carbocycles. The van der Waals surface area contributed by atoms with E-state index in [9.17, 15) is 9.59 Å². The van der Waals surface area contributed by atoms with Gasteiger partial charge in [0.25, 0.3) is 0 Å². The van der Waals surface area contributed by atoms with Crippen LogP contribution in [0.1, 0.15) is 94.4 Å². The van der Waals surface area contributed by atoms with Gasteiger partial charge < -0.3 is 53.0 Å². The maximum atomic E-state index is 15.9. The average molecular weight is 1050 g/mol. The summed E-state index contributed by atoms with van der Waals surface area (Å²) < 4.78 is 43.1. The monoisotopic (exact) mass is 1050 g/mol. The molecule has 0 aliphatic rings. The summed E-state index contributed by atoms with van der Waals surface area (Å²) in [4.78, 5) is 48.2. The van der Waals surface area contributed by atoms with Gasteiger partial charge in [0.05, 0.1) is 37.0 Å². The van der Waals surface area contributed by atoms with Crippen LogP contribution in [-0.4, -0.2) is 54.9 Å². The van der Waals surface area contributed by atoms with E-state index in [1.54, 1.807) is 73.3 Å². The second-order valence-electron chi connectivity index (χ2n) is 18.2. The number of carbonyl (C=O) groups excluding carboxylic acids is 2. The molecule has 2 atom stereocenters. The lowest BCUT2D eigenvalue weighted by atomic mass is 9.99. The zero-order chi connectivity index (χ0) is 55.0. The molecule has 0 spiro atoms. The molecular weight excluding hydrogens is 991 g/mol. The molecule has 2 amide bonds. The van der Waals surface area contributed by atoms with Crippen LogP contribution in [0.25, 0.3) is 44.1 Å². The summed E-state index contributed by atoms with van der Waals surface area (Å²) in [6.45, 7) is 8.30. The third-order valence-corrected chi connectivity index (χ3v) is 13.2. The molecule has 0 bridgehead atoms. The number of hydrogen-bond donors (Lipinski definition) is 8. The van der Waals surface area contributed by atoms with Gasteiger partial charge in [-0.2, -0.15) is 0 Å². The Kier molecular flexibility index (Phi) is 15.9. The highest BCUT2D eigenvalue weighted by Gasteiger charge is 2.28. The maximum Gasteiger partial charge on any atom is 0.249 e. The predicted molar refractivity (Wildman–Crippen MR) is 302 cm³/mol. The number of carbonyl (C=O) groups is 2. The number of nitrogens with two attached hydrogens (primary N) is 4. The summed E-state index contributed by atoms with van der Waals surface area (Å²) in [5, 5.41) is 10.3. The Bertz CT molecular complexity index is 3580. The van der Waals surface area contributed by atoms with E-state index in [0.717, 1.165) is 44.0 Å². The van der Waals surface area contributed by atoms with Gasteiger partial charge in [0.1, 0.15) is 35.4 Å². The number of ether oxygens (including phenoxy) is 2. The Labute approximate surface area is 448 Å². The van der Waals surface area contributed by atoms with Crippen LogP contribution in [0.5, 0.6) is 11.5 Å². The second-order valence-corrected chi connectivity index (χ2v) is 18.2. The first kappa shape index (κ1) is 53.0. The van der Waals surface area contributed by atoms with Crippen LogP contribution >= 0.6 is 0 Å². The molecule has 4 aromatic heterocycles. The number of benzene rings is 6. The molecule has 0 saturated carbocycles. The first-order valence-corrected chi connectivity index (χ1v) is 25.4. The Balaban J connectivity index is 0.000000190. The molecule has 78 heavy (non-hydrogen) atoms. The van der Waals surface area contributed by atoms with Crippen LogP contribution in [0, 0.1) is 11.6 Å². The third-order valence-electron chi connectivity index (χ3n) is 13.2. The van der Waals surface area contributed by atoms with Crippen molar-refractivity contribution in [1.29, 1.82) is 0 Å². The Hall–Kier alpha value is -9.84. The number of nitrogen functional groups attached to an aromatic ring is 2. The van der Waals surface area contributed by atoms with Crippen LogP contribution in [0.2, 0.25) is 0 Å². The number of pyridine rings is 2. The highest BCUT2D eigenvalue weighted by atomic mass is 19.1. The molecule has 0 fully saturated rings. The number of nitrogens with zero attached hydrogens (tertiary/aromatic N) is 4. The molecule has 0 radical (unpaired) electrons. The van der Waals surface area contributed by atoms with Crippen molar-refractivity contribution >= 4 is 56.4 Å². The standard InChI is InChI=1S/2C30H29FN6O2/c2*1-3-17-13-23(26(31)25(14-17)39-4-2)27(36-19-9-10-20-18(15-19)11-12-34-28(20)32)30-35-16-24(37-30)21-7-5-6-8-22(21)29(33)38/h2*5-16,27,36H,3-4H2,1-2H3,(H2,32,34)(H2,33,38)(H,35,37)/t2*27-/m10/s1. The second kappa shape index (κ2) is 23.4. The fourth-order valence-electron chi connectivity index (χ4n) is 9.32. The van der Waals surface area contributed by atoms with Crippen molar-refractivity contribution in [2.24, 2.45) is 11.5 Å². The maximum absolute atomic E-state index is 15.9. The molecular formula is C60H58F2N12O4. The number of aromatic amines is 2. The lowest BCUT2D eigenvalue weighted by Gasteiger charge is -2.22. The lowest BCUT2D eigenvalue weighted by Crippen LogP contribution is -2.17. The zero-order valence-corrected chi connectivity index (χ0v) is 43.3. The fraction of sp³-hybridized carbons (Fsp3) is 0.167. The Morgan fingerprint density at radius 2 is 0.962 bits per heavy atom. The highest BCUT2D eigenvalue weighted by Crippen LogP contribution is 2.38. The van der Waals surface area contributed by atoms with E-state index in [2.05, 4.69) is 40.5 Å². The van der Waals surface area contributed by atoms with Crippen molar-refractivity contribution in [1.82, 2.24) is 29.9 Å². The number of H-pyrrole nitrogens is 2. The molecule has 396 valence electrons. The number of anilines is 4. The smallest absolute Gasteiger partial charge is 0.249 e. The molecule has 0 saturated heterocycles. The number of rotatable bonds is 18. The lowest BCUT2D eigenvalue weighted by molar-refractivity contribution is 0.0992. The quantitative estimate of drug-likeness (QED) is 0.0399. The van der Waals surface area contributed by atoms with Crippen molar-refractivity contribution < 1.29 is 27.8 Å². The molecule has 18 heteroatoms. The average Bonchev–Trinajstić information content (AvgIpc) is 4.28. The van der Waals surface area contributed by atoms with Crippen LogP contribution in [0.15, 0.2) is 146 Å². The van der Waals surface area contributed by atoms with Gasteiger partial charge >= 0.3 is 0 Å². The van der Waals surface area contributed by atoms with E-state index in [-0.39, 0.29) is 11.5 Å². The van der Waals surface area contributed by atoms with Crippen molar-refractivity contribution in [2.75, 3.05) is 35.3 Å². The number of imidazole rings is 2. The molecule has 16 nitrogen and oxygen atoms in total. The molecule has 12 N–H and O–H groups in total. The molecule has 4 heterocycles. The number of fused-ring (bicyclic) bond motifs is 2. The van der Waals surface area contributed by atoms with Gasteiger partial charge in [-0.05, 0) is 121 Å². The van der Waals surface area contributed by atoms with Gasteiger partial charge in [0.15, 0.2) is 23.1 Å². The normalized spacial score (nSPS) is 11.9. The van der Waals surface area contributed by atoms with Crippen molar-refractivity contribution in [3.05, 3.63) is 203 Å². The number of aryl methyl sites for hydroxylation is 2. The van der Waals surface area contributed by atoms with E-state index in [1.807, 2.05) is 100 Å². The van der Waals surface area contributed by atoms with E-state index in [1.165, 1.54) is 0 Å². The van der Waals surface area contributed by atoms with E-state index >= 15 is 8.78 Å². The largest absolute Gasteiger partial charge is 0.491 e. The predicted octanol–water partition coefficient (Wildman–Crippen LogP) is 11.2. The summed E-state index contributed by atoms with van der Waals surface area (Å²) in [6, 6.07) is 34.7. The topological polar surface area (TPSA) is 264 Å². The summed E-state index contributed by atoms with van der Waals surface area (Å²) in [5.74, 6) is 0.0800. The molecule has 10 rings (SSSR count). The van der Waals surface area contributed by atoms with Gasteiger partial charge in [0, 0.05) is 67.9 Å². The minimum atomic E-state index is -0.721. The number of amides is 2. The van der Waals surface area contributed by atoms with Gasteiger partial charge in [-0.25, -0.2) is 28.7 Å². The fourth-order valence-corrected chi connectivity index (χ4v) is 9.32. The molecule has 0 aliphatic heterocycles. The van der Waals surface area contributed by atoms with Gasteiger partial charge in [-0.15, -0.1) is 0 Å². The van der Waals surface area contributed by atoms with E-state index < -0.39 is 35.5 Å². The highest BCUT2D eigenvalue weighted by molar-refractivity contribution is 6.00. The van der Waals surface area contributed by atoms with Gasteiger partial charge in [0.2, 0.25) is 11.8 Å². The van der Waals surface area contributed by atoms with Crippen LogP contribution in [-0.2, 0) is 12.8 Å². The summed E-state index contributed by atoms with van der Waals surface area (Å²) in [6.07, 6.45) is 7.90. The number of primary amides is 2.